The van der Waals surface area contributed by atoms with E-state index in [0.29, 0.717) is 6.54 Å². The lowest BCUT2D eigenvalue weighted by atomic mass is 10.1. The number of para-hydroxylation sites is 2. The molecule has 0 unspecified atom stereocenters. The Morgan fingerprint density at radius 1 is 1.05 bits per heavy atom. The quantitative estimate of drug-likeness (QED) is 0.810. The molecule has 0 aromatic heterocycles. The van der Waals surface area contributed by atoms with Crippen LogP contribution in [-0.2, 0) is 6.54 Å². The topological polar surface area (TPSA) is 56.5 Å². The molecule has 2 aromatic carbocycles. The Morgan fingerprint density at radius 2 is 1.84 bits per heavy atom. The average Bonchev–Trinajstić information content (AvgIpc) is 2.46. The Labute approximate surface area is 113 Å². The van der Waals surface area contributed by atoms with E-state index < -0.39 is 0 Å². The average molecular weight is 258 g/mol. The molecule has 0 amide bonds. The molecule has 0 saturated carbocycles. The molecule has 3 N–H and O–H groups in total. The lowest BCUT2D eigenvalue weighted by molar-refractivity contribution is 0.391. The molecule has 0 spiro atoms. The number of benzene rings is 2. The number of nitrogens with one attached hydrogen (secondary N) is 1. The summed E-state index contributed by atoms with van der Waals surface area (Å²) in [5.74, 6) is 1.57. The minimum atomic E-state index is 0.640. The first-order chi connectivity index (χ1) is 9.24. The number of ether oxygens (including phenoxy) is 2. The van der Waals surface area contributed by atoms with Crippen LogP contribution in [0, 0.1) is 0 Å². The second-order valence-corrected chi connectivity index (χ2v) is 4.12. The van der Waals surface area contributed by atoms with Crippen molar-refractivity contribution in [3.63, 3.8) is 0 Å². The van der Waals surface area contributed by atoms with Crippen molar-refractivity contribution in [2.75, 3.05) is 25.3 Å². The second kappa shape index (κ2) is 6.00. The van der Waals surface area contributed by atoms with Crippen LogP contribution in [0.25, 0.3) is 0 Å². The molecular weight excluding hydrogens is 240 g/mol. The van der Waals surface area contributed by atoms with Gasteiger partial charge in [-0.3, -0.25) is 0 Å². The highest BCUT2D eigenvalue weighted by Gasteiger charge is 2.05. The zero-order chi connectivity index (χ0) is 13.7. The third kappa shape index (κ3) is 3.10. The van der Waals surface area contributed by atoms with E-state index in [1.165, 1.54) is 0 Å². The molecule has 0 bridgehead atoms. The Kier molecular flexibility index (Phi) is 4.13. The summed E-state index contributed by atoms with van der Waals surface area (Å²) in [5, 5.41) is 3.30. The fourth-order valence-corrected chi connectivity index (χ4v) is 1.85. The van der Waals surface area contributed by atoms with E-state index in [0.717, 1.165) is 28.4 Å². The maximum absolute atomic E-state index is 5.89. The van der Waals surface area contributed by atoms with Crippen LogP contribution in [-0.4, -0.2) is 14.2 Å². The summed E-state index contributed by atoms with van der Waals surface area (Å²) >= 11 is 0. The van der Waals surface area contributed by atoms with Crippen LogP contribution in [0.4, 0.5) is 11.4 Å². The highest BCUT2D eigenvalue weighted by Crippen LogP contribution is 2.26. The minimum Gasteiger partial charge on any atom is -0.497 e. The molecule has 100 valence electrons. The van der Waals surface area contributed by atoms with Gasteiger partial charge in [0.25, 0.3) is 0 Å². The molecule has 0 radical (unpaired) electrons. The number of anilines is 2. The van der Waals surface area contributed by atoms with E-state index in [2.05, 4.69) is 5.32 Å². The normalized spacial score (nSPS) is 10.0. The van der Waals surface area contributed by atoms with Gasteiger partial charge in [-0.15, -0.1) is 0 Å². The van der Waals surface area contributed by atoms with E-state index in [1.54, 1.807) is 14.2 Å². The highest BCUT2D eigenvalue weighted by atomic mass is 16.5. The Hall–Kier alpha value is -2.36. The van der Waals surface area contributed by atoms with Crippen molar-refractivity contribution in [2.45, 2.75) is 6.54 Å². The van der Waals surface area contributed by atoms with Gasteiger partial charge in [0.2, 0.25) is 0 Å². The van der Waals surface area contributed by atoms with E-state index >= 15 is 0 Å². The summed E-state index contributed by atoms with van der Waals surface area (Å²) in [7, 11) is 3.28. The van der Waals surface area contributed by atoms with Crippen LogP contribution in [0.1, 0.15) is 5.56 Å². The van der Waals surface area contributed by atoms with Crippen LogP contribution in [0.2, 0.25) is 0 Å². The lowest BCUT2D eigenvalue weighted by Gasteiger charge is -2.13. The van der Waals surface area contributed by atoms with Gasteiger partial charge in [-0.05, 0) is 24.3 Å². The van der Waals surface area contributed by atoms with E-state index in [9.17, 15) is 0 Å². The molecule has 0 aliphatic rings. The first kappa shape index (κ1) is 13.1. The lowest BCUT2D eigenvalue weighted by Crippen LogP contribution is -2.04. The van der Waals surface area contributed by atoms with Crippen LogP contribution >= 0.6 is 0 Å². The van der Waals surface area contributed by atoms with Crippen molar-refractivity contribution in [1.29, 1.82) is 0 Å². The highest BCUT2D eigenvalue weighted by molar-refractivity contribution is 5.65. The number of hydrogen-bond donors (Lipinski definition) is 2. The second-order valence-electron chi connectivity index (χ2n) is 4.12. The Morgan fingerprint density at radius 3 is 2.53 bits per heavy atom. The molecule has 0 heterocycles. The molecule has 0 aliphatic heterocycles. The summed E-state index contributed by atoms with van der Waals surface area (Å²) in [5.41, 5.74) is 8.58. The summed E-state index contributed by atoms with van der Waals surface area (Å²) in [4.78, 5) is 0. The molecule has 0 saturated heterocycles. The molecule has 4 heteroatoms. The first-order valence-corrected chi connectivity index (χ1v) is 6.04. The van der Waals surface area contributed by atoms with Gasteiger partial charge in [-0.1, -0.05) is 12.1 Å². The van der Waals surface area contributed by atoms with Gasteiger partial charge >= 0.3 is 0 Å². The predicted octanol–water partition coefficient (Wildman–Crippen LogP) is 2.90. The molecule has 0 atom stereocenters. The van der Waals surface area contributed by atoms with Gasteiger partial charge in [0, 0.05) is 18.2 Å². The number of rotatable bonds is 5. The van der Waals surface area contributed by atoms with Crippen molar-refractivity contribution < 1.29 is 9.47 Å². The van der Waals surface area contributed by atoms with Crippen molar-refractivity contribution in [3.8, 4) is 11.5 Å². The standard InChI is InChI=1S/C15H18N2O2/c1-18-12-8-7-11(15(9-12)19-2)10-17-14-6-4-3-5-13(14)16/h3-9,17H,10,16H2,1-2H3. The smallest absolute Gasteiger partial charge is 0.127 e. The SMILES string of the molecule is COc1ccc(CNc2ccccc2N)c(OC)c1. The largest absolute Gasteiger partial charge is 0.497 e. The number of hydrogen-bond acceptors (Lipinski definition) is 4. The van der Waals surface area contributed by atoms with Crippen molar-refractivity contribution >= 4 is 11.4 Å². The number of methoxy groups -OCH3 is 2. The minimum absolute atomic E-state index is 0.640. The molecule has 2 aromatic rings. The number of nitrogens with two attached hydrogens (primary N) is 1. The molecule has 2 rings (SSSR count). The van der Waals surface area contributed by atoms with E-state index in [4.69, 9.17) is 15.2 Å². The summed E-state index contributed by atoms with van der Waals surface area (Å²) in [6.07, 6.45) is 0. The van der Waals surface area contributed by atoms with Crippen LogP contribution in [0.15, 0.2) is 42.5 Å². The zero-order valence-electron chi connectivity index (χ0n) is 11.1. The maximum atomic E-state index is 5.89. The van der Waals surface area contributed by atoms with Crippen molar-refractivity contribution in [3.05, 3.63) is 48.0 Å². The van der Waals surface area contributed by atoms with E-state index in [-0.39, 0.29) is 0 Å². The summed E-state index contributed by atoms with van der Waals surface area (Å²) in [6.45, 7) is 0.640. The molecule has 0 aliphatic carbocycles. The Balaban J connectivity index is 2.13. The first-order valence-electron chi connectivity index (χ1n) is 6.04. The van der Waals surface area contributed by atoms with Gasteiger partial charge < -0.3 is 20.5 Å². The van der Waals surface area contributed by atoms with Crippen molar-refractivity contribution in [2.24, 2.45) is 0 Å². The fourth-order valence-electron chi connectivity index (χ4n) is 1.85. The van der Waals surface area contributed by atoms with Crippen molar-refractivity contribution in [1.82, 2.24) is 0 Å². The molecule has 4 nitrogen and oxygen atoms in total. The third-order valence-corrected chi connectivity index (χ3v) is 2.92. The zero-order valence-corrected chi connectivity index (χ0v) is 11.1. The van der Waals surface area contributed by atoms with Gasteiger partial charge in [0.1, 0.15) is 11.5 Å². The van der Waals surface area contributed by atoms with E-state index in [1.807, 2.05) is 42.5 Å². The van der Waals surface area contributed by atoms with Gasteiger partial charge in [-0.25, -0.2) is 0 Å². The monoisotopic (exact) mass is 258 g/mol. The predicted molar refractivity (Wildman–Crippen MR) is 77.7 cm³/mol. The third-order valence-electron chi connectivity index (χ3n) is 2.92. The molecular formula is C15H18N2O2. The summed E-state index contributed by atoms with van der Waals surface area (Å²) < 4.78 is 10.5. The van der Waals surface area contributed by atoms with Gasteiger partial charge in [-0.2, -0.15) is 0 Å². The maximum Gasteiger partial charge on any atom is 0.127 e. The van der Waals surface area contributed by atoms with Gasteiger partial charge in [0.15, 0.2) is 0 Å². The molecule has 0 fully saturated rings. The fraction of sp³-hybridized carbons (Fsp3) is 0.200. The summed E-state index contributed by atoms with van der Waals surface area (Å²) in [6, 6.07) is 13.4. The van der Waals surface area contributed by atoms with Crippen LogP contribution in [0.5, 0.6) is 11.5 Å². The molecule has 19 heavy (non-hydrogen) atoms. The number of nitrogen functional groups attached to an aromatic ring is 1. The van der Waals surface area contributed by atoms with Crippen LogP contribution in [0.3, 0.4) is 0 Å². The van der Waals surface area contributed by atoms with Crippen LogP contribution < -0.4 is 20.5 Å². The van der Waals surface area contributed by atoms with Gasteiger partial charge in [0.05, 0.1) is 25.6 Å². The Bertz CT molecular complexity index is 556.